The van der Waals surface area contributed by atoms with Gasteiger partial charge in [0, 0.05) is 35.8 Å². The molecule has 2 atom stereocenters. The highest BCUT2D eigenvalue weighted by molar-refractivity contribution is 7.85. The number of nitrogens with zero attached hydrogens (tertiary/aromatic N) is 1. The first-order valence-electron chi connectivity index (χ1n) is 18.5. The number of benzene rings is 4. The number of nitrogens with one attached hydrogen (secondary N) is 4. The van der Waals surface area contributed by atoms with Gasteiger partial charge in [0.2, 0.25) is 11.8 Å². The van der Waals surface area contributed by atoms with Gasteiger partial charge in [0.15, 0.2) is 0 Å². The summed E-state index contributed by atoms with van der Waals surface area (Å²) >= 11 is 0. The minimum absolute atomic E-state index is 0.00703. The summed E-state index contributed by atoms with van der Waals surface area (Å²) in [6.07, 6.45) is -2.06. The Balaban J connectivity index is 1.24. The van der Waals surface area contributed by atoms with E-state index in [0.29, 0.717) is 0 Å². The maximum atomic E-state index is 13.7. The van der Waals surface area contributed by atoms with Crippen LogP contribution in [0.1, 0.15) is 49.3 Å². The Labute approximate surface area is 343 Å². The molecule has 5 amide bonds. The first-order valence-corrected chi connectivity index (χ1v) is 19.9. The third-order valence-electron chi connectivity index (χ3n) is 9.37. The van der Waals surface area contributed by atoms with E-state index in [1.165, 1.54) is 6.07 Å². The van der Waals surface area contributed by atoms with Crippen molar-refractivity contribution in [2.24, 2.45) is 11.7 Å². The van der Waals surface area contributed by atoms with Crippen molar-refractivity contribution in [3.63, 3.8) is 0 Å². The summed E-state index contributed by atoms with van der Waals surface area (Å²) in [6.45, 7) is 2.67. The molecular weight excluding hydrogens is 805 g/mol. The van der Waals surface area contributed by atoms with E-state index in [0.717, 1.165) is 58.7 Å². The van der Waals surface area contributed by atoms with Crippen LogP contribution in [0.3, 0.4) is 0 Å². The van der Waals surface area contributed by atoms with Crippen LogP contribution >= 0.6 is 0 Å². The lowest BCUT2D eigenvalue weighted by Crippen LogP contribution is -2.54. The molecule has 0 saturated carbocycles. The second-order valence-electron chi connectivity index (χ2n) is 13.9. The SMILES string of the molecule is CC(C)C(NC(=O)OCC1c2ccccc2-c2ccccc21)C(=O)NC(CCCNC(N)=O)C(=O)Nc1ccc(COC(=O)Oc2ccc([N+](=O)[O-])cc2)c(S(=O)(=O)O)c1. The standard InChI is InChI=1S/C40H42N6O13S/c1-23(2)35(45-39(50)57-22-32-30-10-5-3-8-28(30)29-9-4-6-11-31(29)32)37(48)44-33(12-7-19-42-38(41)49)36(47)43-25-14-13-24(34(20-25)60(54,55)56)21-58-40(51)59-27-17-15-26(16-18-27)46(52)53/h3-6,8-11,13-18,20,23,32-33,35H,7,12,19,21-22H2,1-2H3,(H,43,47)(H,44,48)(H,45,50)(H3,41,42,49)(H,54,55,56). The number of amides is 5. The van der Waals surface area contributed by atoms with E-state index in [9.17, 15) is 47.1 Å². The molecule has 1 aliphatic carbocycles. The second-order valence-corrected chi connectivity index (χ2v) is 15.3. The van der Waals surface area contributed by atoms with Gasteiger partial charge in [-0.25, -0.2) is 14.4 Å². The molecule has 0 fully saturated rings. The predicted octanol–water partition coefficient (Wildman–Crippen LogP) is 4.99. The Bertz CT molecular complexity index is 2330. The predicted molar refractivity (Wildman–Crippen MR) is 214 cm³/mol. The summed E-state index contributed by atoms with van der Waals surface area (Å²) in [5.41, 5.74) is 8.62. The minimum atomic E-state index is -4.97. The zero-order chi connectivity index (χ0) is 43.6. The molecule has 5 rings (SSSR count). The van der Waals surface area contributed by atoms with Gasteiger partial charge in [0.1, 0.15) is 35.9 Å². The maximum Gasteiger partial charge on any atom is 0.514 e. The Kier molecular flexibility index (Phi) is 14.4. The Hall–Kier alpha value is -7.06. The van der Waals surface area contributed by atoms with E-state index in [4.69, 9.17) is 19.9 Å². The number of urea groups is 1. The van der Waals surface area contributed by atoms with Crippen LogP contribution in [0.5, 0.6) is 5.75 Å². The lowest BCUT2D eigenvalue weighted by Gasteiger charge is -2.25. The van der Waals surface area contributed by atoms with Gasteiger partial charge < -0.3 is 41.2 Å². The Morgan fingerprint density at radius 3 is 2.08 bits per heavy atom. The van der Waals surface area contributed by atoms with Gasteiger partial charge in [-0.05, 0) is 65.3 Å². The number of hydrogen-bond donors (Lipinski definition) is 6. The smallest absolute Gasteiger partial charge is 0.449 e. The van der Waals surface area contributed by atoms with Crippen molar-refractivity contribution in [2.45, 2.75) is 56.2 Å². The van der Waals surface area contributed by atoms with Crippen LogP contribution in [0.4, 0.5) is 25.8 Å². The summed E-state index contributed by atoms with van der Waals surface area (Å²) in [5, 5.41) is 20.9. The average molecular weight is 847 g/mol. The fraction of sp³-hybridized carbons (Fsp3) is 0.275. The zero-order valence-corrected chi connectivity index (χ0v) is 33.1. The summed E-state index contributed by atoms with van der Waals surface area (Å²) in [5.74, 6) is -2.38. The van der Waals surface area contributed by atoms with E-state index < -0.39 is 74.6 Å². The number of nitrogens with two attached hydrogens (primary N) is 1. The molecule has 7 N–H and O–H groups in total. The third-order valence-corrected chi connectivity index (χ3v) is 10.3. The van der Waals surface area contributed by atoms with E-state index in [2.05, 4.69) is 21.3 Å². The summed E-state index contributed by atoms with van der Waals surface area (Å²) < 4.78 is 50.2. The van der Waals surface area contributed by atoms with E-state index >= 15 is 0 Å². The lowest BCUT2D eigenvalue weighted by atomic mass is 9.98. The van der Waals surface area contributed by atoms with Crippen molar-refractivity contribution in [3.05, 3.63) is 118 Å². The van der Waals surface area contributed by atoms with E-state index in [1.54, 1.807) is 13.8 Å². The zero-order valence-electron chi connectivity index (χ0n) is 32.3. The topological polar surface area (TPSA) is 285 Å². The number of ether oxygens (including phenoxy) is 3. The number of anilines is 1. The number of nitro groups is 1. The molecule has 0 heterocycles. The van der Waals surface area contributed by atoms with Crippen molar-refractivity contribution in [3.8, 4) is 16.9 Å². The van der Waals surface area contributed by atoms with Gasteiger partial charge in [0.05, 0.1) is 4.92 Å². The fourth-order valence-corrected chi connectivity index (χ4v) is 7.20. The number of non-ortho nitro benzene ring substituents is 1. The maximum absolute atomic E-state index is 13.7. The fourth-order valence-electron chi connectivity index (χ4n) is 6.47. The highest BCUT2D eigenvalue weighted by Gasteiger charge is 2.32. The van der Waals surface area contributed by atoms with Crippen LogP contribution in [0, 0.1) is 16.0 Å². The van der Waals surface area contributed by atoms with Crippen LogP contribution in [-0.2, 0) is 35.8 Å². The number of rotatable bonds is 17. The number of primary amides is 1. The van der Waals surface area contributed by atoms with Crippen LogP contribution in [0.15, 0.2) is 95.9 Å². The molecule has 0 saturated heterocycles. The minimum Gasteiger partial charge on any atom is -0.449 e. The molecular formula is C40H42N6O13S. The van der Waals surface area contributed by atoms with Crippen molar-refractivity contribution < 1.29 is 56.1 Å². The summed E-state index contributed by atoms with van der Waals surface area (Å²) in [7, 11) is -4.97. The molecule has 0 aliphatic heterocycles. The molecule has 60 heavy (non-hydrogen) atoms. The van der Waals surface area contributed by atoms with E-state index in [1.807, 2.05) is 48.5 Å². The molecule has 0 radical (unpaired) electrons. The molecule has 0 spiro atoms. The number of carbonyl (C=O) groups is 5. The average Bonchev–Trinajstić information content (AvgIpc) is 3.52. The first kappa shape index (κ1) is 44.1. The number of nitro benzene ring substituents is 1. The molecule has 316 valence electrons. The quantitative estimate of drug-likeness (QED) is 0.0204. The van der Waals surface area contributed by atoms with Crippen molar-refractivity contribution in [2.75, 3.05) is 18.5 Å². The van der Waals surface area contributed by atoms with Gasteiger partial charge in [-0.15, -0.1) is 0 Å². The van der Waals surface area contributed by atoms with E-state index in [-0.39, 0.29) is 54.6 Å². The third kappa shape index (κ3) is 11.5. The molecule has 0 aromatic heterocycles. The number of carbonyl (C=O) groups excluding carboxylic acids is 5. The molecule has 4 aromatic rings. The highest BCUT2D eigenvalue weighted by Crippen LogP contribution is 2.44. The largest absolute Gasteiger partial charge is 0.514 e. The molecule has 20 heteroatoms. The van der Waals surface area contributed by atoms with Gasteiger partial charge in [-0.3, -0.25) is 24.3 Å². The Morgan fingerprint density at radius 2 is 1.50 bits per heavy atom. The number of alkyl carbamates (subject to hydrolysis) is 1. The van der Waals surface area contributed by atoms with Gasteiger partial charge in [-0.2, -0.15) is 8.42 Å². The van der Waals surface area contributed by atoms with Gasteiger partial charge in [-0.1, -0.05) is 68.4 Å². The van der Waals surface area contributed by atoms with Crippen LogP contribution in [0.2, 0.25) is 0 Å². The second kappa shape index (κ2) is 19.6. The normalized spacial score (nSPS) is 12.9. The summed E-state index contributed by atoms with van der Waals surface area (Å²) in [4.78, 5) is 73.5. The lowest BCUT2D eigenvalue weighted by molar-refractivity contribution is -0.384. The molecule has 1 aliphatic rings. The van der Waals surface area contributed by atoms with Crippen LogP contribution in [-0.4, -0.2) is 73.2 Å². The van der Waals surface area contributed by atoms with Gasteiger partial charge in [0.25, 0.3) is 15.8 Å². The Morgan fingerprint density at radius 1 is 0.867 bits per heavy atom. The van der Waals surface area contributed by atoms with Crippen molar-refractivity contribution in [1.29, 1.82) is 0 Å². The molecule has 19 nitrogen and oxygen atoms in total. The number of fused-ring (bicyclic) bond motifs is 3. The summed E-state index contributed by atoms with van der Waals surface area (Å²) in [6, 6.07) is 20.1. The molecule has 0 bridgehead atoms. The number of hydrogen-bond acceptors (Lipinski definition) is 12. The monoisotopic (exact) mass is 846 g/mol. The van der Waals surface area contributed by atoms with Crippen molar-refractivity contribution in [1.82, 2.24) is 16.0 Å². The van der Waals surface area contributed by atoms with Crippen LogP contribution in [0.25, 0.3) is 11.1 Å². The molecule has 2 unspecified atom stereocenters. The molecule has 4 aromatic carbocycles. The van der Waals surface area contributed by atoms with Gasteiger partial charge >= 0.3 is 18.3 Å². The first-order chi connectivity index (χ1) is 28.5. The van der Waals surface area contributed by atoms with Crippen LogP contribution < -0.4 is 31.7 Å². The highest BCUT2D eigenvalue weighted by atomic mass is 32.2. The van der Waals surface area contributed by atoms with Crippen molar-refractivity contribution >= 4 is 51.6 Å².